The van der Waals surface area contributed by atoms with Crippen molar-refractivity contribution in [3.63, 3.8) is 0 Å². The lowest BCUT2D eigenvalue weighted by molar-refractivity contribution is -0.0615. The van der Waals surface area contributed by atoms with Crippen LogP contribution in [0, 0.1) is 0 Å². The van der Waals surface area contributed by atoms with E-state index >= 15 is 0 Å². The molecule has 1 atom stereocenters. The third-order valence-electron chi connectivity index (χ3n) is 4.06. The summed E-state index contributed by atoms with van der Waals surface area (Å²) in [6.45, 7) is 4.77. The van der Waals surface area contributed by atoms with Crippen LogP contribution in [0.3, 0.4) is 0 Å². The van der Waals surface area contributed by atoms with Crippen LogP contribution in [0.4, 0.5) is 0 Å². The average molecular weight is 314 g/mol. The SMILES string of the molecule is Cn1cc(-c2ncccc2C(=O)N[C@@H]2CCOC(C)(C)C2)cn1. The number of hydrogen-bond donors (Lipinski definition) is 1. The predicted molar refractivity (Wildman–Crippen MR) is 87.0 cm³/mol. The number of aryl methyl sites for hydroxylation is 1. The lowest BCUT2D eigenvalue weighted by Crippen LogP contribution is -2.45. The zero-order valence-corrected chi connectivity index (χ0v) is 13.7. The molecular weight excluding hydrogens is 292 g/mol. The third-order valence-corrected chi connectivity index (χ3v) is 4.06. The Morgan fingerprint density at radius 3 is 3.00 bits per heavy atom. The highest BCUT2D eigenvalue weighted by Gasteiger charge is 2.30. The lowest BCUT2D eigenvalue weighted by atomic mass is 9.93. The minimum atomic E-state index is -0.197. The van der Waals surface area contributed by atoms with E-state index in [9.17, 15) is 4.79 Å². The Morgan fingerprint density at radius 1 is 1.48 bits per heavy atom. The first-order valence-corrected chi connectivity index (χ1v) is 7.83. The van der Waals surface area contributed by atoms with Crippen molar-refractivity contribution in [2.45, 2.75) is 38.3 Å². The van der Waals surface area contributed by atoms with Crippen molar-refractivity contribution >= 4 is 5.91 Å². The summed E-state index contributed by atoms with van der Waals surface area (Å²) >= 11 is 0. The van der Waals surface area contributed by atoms with Gasteiger partial charge in [-0.15, -0.1) is 0 Å². The van der Waals surface area contributed by atoms with Crippen LogP contribution in [0.25, 0.3) is 11.3 Å². The zero-order valence-electron chi connectivity index (χ0n) is 13.7. The van der Waals surface area contributed by atoms with Gasteiger partial charge in [0.1, 0.15) is 0 Å². The van der Waals surface area contributed by atoms with Crippen LogP contribution in [0.1, 0.15) is 37.0 Å². The number of pyridine rings is 1. The van der Waals surface area contributed by atoms with Gasteiger partial charge in [-0.25, -0.2) is 0 Å². The lowest BCUT2D eigenvalue weighted by Gasteiger charge is -2.35. The van der Waals surface area contributed by atoms with E-state index in [1.807, 2.05) is 13.2 Å². The molecule has 1 N–H and O–H groups in total. The summed E-state index contributed by atoms with van der Waals surface area (Å²) in [5.41, 5.74) is 1.87. The molecule has 3 heterocycles. The second-order valence-corrected chi connectivity index (χ2v) is 6.57. The molecule has 0 aromatic carbocycles. The van der Waals surface area contributed by atoms with Gasteiger partial charge in [-0.3, -0.25) is 14.5 Å². The van der Waals surface area contributed by atoms with Gasteiger partial charge in [0.2, 0.25) is 0 Å². The van der Waals surface area contributed by atoms with Crippen LogP contribution in [-0.4, -0.2) is 38.9 Å². The Bertz CT molecular complexity index is 708. The number of ether oxygens (including phenoxy) is 1. The highest BCUT2D eigenvalue weighted by atomic mass is 16.5. The van der Waals surface area contributed by atoms with Crippen molar-refractivity contribution < 1.29 is 9.53 Å². The molecule has 6 nitrogen and oxygen atoms in total. The van der Waals surface area contributed by atoms with E-state index in [1.165, 1.54) is 0 Å². The van der Waals surface area contributed by atoms with Gasteiger partial charge in [-0.1, -0.05) is 0 Å². The Morgan fingerprint density at radius 2 is 2.30 bits per heavy atom. The van der Waals surface area contributed by atoms with Crippen LogP contribution >= 0.6 is 0 Å². The van der Waals surface area contributed by atoms with Gasteiger partial charge in [-0.05, 0) is 38.8 Å². The summed E-state index contributed by atoms with van der Waals surface area (Å²) in [6, 6.07) is 3.70. The number of carbonyl (C=O) groups is 1. The Labute approximate surface area is 135 Å². The molecule has 23 heavy (non-hydrogen) atoms. The van der Waals surface area contributed by atoms with Crippen molar-refractivity contribution in [1.29, 1.82) is 0 Å². The highest BCUT2D eigenvalue weighted by Crippen LogP contribution is 2.25. The summed E-state index contributed by atoms with van der Waals surface area (Å²) in [7, 11) is 1.84. The number of hydrogen-bond acceptors (Lipinski definition) is 4. The molecule has 1 aliphatic rings. The quantitative estimate of drug-likeness (QED) is 0.942. The number of carbonyl (C=O) groups excluding carboxylic acids is 1. The fraction of sp³-hybridized carbons (Fsp3) is 0.471. The molecule has 1 fully saturated rings. The zero-order chi connectivity index (χ0) is 16.4. The summed E-state index contributed by atoms with van der Waals surface area (Å²) < 4.78 is 7.41. The third kappa shape index (κ3) is 3.59. The number of aromatic nitrogens is 3. The second kappa shape index (κ2) is 6.12. The fourth-order valence-electron chi connectivity index (χ4n) is 2.98. The molecule has 2 aromatic heterocycles. The Balaban J connectivity index is 1.80. The predicted octanol–water partition coefficient (Wildman–Crippen LogP) is 2.17. The summed E-state index contributed by atoms with van der Waals surface area (Å²) in [5.74, 6) is -0.0975. The number of rotatable bonds is 3. The molecule has 6 heteroatoms. The number of nitrogens with one attached hydrogen (secondary N) is 1. The number of amides is 1. The van der Waals surface area contributed by atoms with Gasteiger partial charge < -0.3 is 10.1 Å². The fourth-order valence-corrected chi connectivity index (χ4v) is 2.98. The Kier molecular flexibility index (Phi) is 4.17. The van der Waals surface area contributed by atoms with Gasteiger partial charge in [0.25, 0.3) is 5.91 Å². The average Bonchev–Trinajstić information content (AvgIpc) is 2.92. The molecular formula is C17H22N4O2. The van der Waals surface area contributed by atoms with Crippen molar-refractivity contribution in [2.24, 2.45) is 7.05 Å². The van der Waals surface area contributed by atoms with Gasteiger partial charge in [0.05, 0.1) is 23.1 Å². The molecule has 0 radical (unpaired) electrons. The minimum Gasteiger partial charge on any atom is -0.375 e. The van der Waals surface area contributed by atoms with Crippen LogP contribution < -0.4 is 5.32 Å². The molecule has 122 valence electrons. The first-order valence-electron chi connectivity index (χ1n) is 7.83. The van der Waals surface area contributed by atoms with E-state index in [4.69, 9.17) is 4.74 Å². The summed E-state index contributed by atoms with van der Waals surface area (Å²) in [6.07, 6.45) is 6.91. The topological polar surface area (TPSA) is 69.0 Å². The Hall–Kier alpha value is -2.21. The standard InChI is InChI=1S/C17H22N4O2/c1-17(2)9-13(6-8-23-17)20-16(22)14-5-4-7-18-15(14)12-10-19-21(3)11-12/h4-5,7,10-11,13H,6,8-9H2,1-3H3,(H,20,22)/t13-/m1/s1. The van der Waals surface area contributed by atoms with E-state index in [-0.39, 0.29) is 17.6 Å². The van der Waals surface area contributed by atoms with Crippen LogP contribution in [0.15, 0.2) is 30.7 Å². The van der Waals surface area contributed by atoms with Crippen LogP contribution in [0.5, 0.6) is 0 Å². The summed E-state index contributed by atoms with van der Waals surface area (Å²) in [4.78, 5) is 17.1. The molecule has 1 aliphatic heterocycles. The van der Waals surface area contributed by atoms with Gasteiger partial charge in [0, 0.05) is 37.7 Å². The molecule has 2 aromatic rings. The molecule has 1 amide bonds. The van der Waals surface area contributed by atoms with E-state index < -0.39 is 0 Å². The smallest absolute Gasteiger partial charge is 0.253 e. The first-order chi connectivity index (χ1) is 10.9. The molecule has 0 spiro atoms. The van der Waals surface area contributed by atoms with Crippen molar-refractivity contribution in [2.75, 3.05) is 6.61 Å². The van der Waals surface area contributed by atoms with Crippen molar-refractivity contribution in [3.05, 3.63) is 36.3 Å². The maximum absolute atomic E-state index is 12.7. The molecule has 3 rings (SSSR count). The van der Waals surface area contributed by atoms with Gasteiger partial charge in [-0.2, -0.15) is 5.10 Å². The van der Waals surface area contributed by atoms with E-state index in [0.29, 0.717) is 17.9 Å². The van der Waals surface area contributed by atoms with Crippen molar-refractivity contribution in [1.82, 2.24) is 20.1 Å². The van der Waals surface area contributed by atoms with E-state index in [0.717, 1.165) is 18.4 Å². The molecule has 1 saturated heterocycles. The first kappa shape index (κ1) is 15.7. The van der Waals surface area contributed by atoms with Gasteiger partial charge in [0.15, 0.2) is 0 Å². The highest BCUT2D eigenvalue weighted by molar-refractivity contribution is 5.99. The molecule has 0 unspecified atom stereocenters. The van der Waals surface area contributed by atoms with Crippen LogP contribution in [-0.2, 0) is 11.8 Å². The minimum absolute atomic E-state index is 0.0975. The normalized spacial score (nSPS) is 20.2. The van der Waals surface area contributed by atoms with Gasteiger partial charge >= 0.3 is 0 Å². The maximum Gasteiger partial charge on any atom is 0.253 e. The number of nitrogens with zero attached hydrogens (tertiary/aromatic N) is 3. The molecule has 0 saturated carbocycles. The molecule has 0 bridgehead atoms. The monoisotopic (exact) mass is 314 g/mol. The van der Waals surface area contributed by atoms with Crippen LogP contribution in [0.2, 0.25) is 0 Å². The summed E-state index contributed by atoms with van der Waals surface area (Å²) in [5, 5.41) is 7.28. The van der Waals surface area contributed by atoms with E-state index in [2.05, 4.69) is 29.2 Å². The largest absolute Gasteiger partial charge is 0.375 e. The van der Waals surface area contributed by atoms with Crippen molar-refractivity contribution in [3.8, 4) is 11.3 Å². The van der Waals surface area contributed by atoms with E-state index in [1.54, 1.807) is 29.2 Å². The second-order valence-electron chi connectivity index (χ2n) is 6.57. The maximum atomic E-state index is 12.7. The molecule has 0 aliphatic carbocycles.